The molecule has 1 aliphatic rings. The van der Waals surface area contributed by atoms with Gasteiger partial charge in [0.2, 0.25) is 5.91 Å². The van der Waals surface area contributed by atoms with Crippen LogP contribution >= 0.6 is 11.8 Å². The summed E-state index contributed by atoms with van der Waals surface area (Å²) in [6.07, 6.45) is 1.93. The Kier molecular flexibility index (Phi) is 7.20. The summed E-state index contributed by atoms with van der Waals surface area (Å²) in [5, 5.41) is 1.16. The first-order chi connectivity index (χ1) is 15.8. The van der Waals surface area contributed by atoms with Crippen LogP contribution in [-0.2, 0) is 22.6 Å². The van der Waals surface area contributed by atoms with Crippen LogP contribution in [0.25, 0.3) is 10.9 Å². The molecule has 2 aromatic carbocycles. The molecule has 1 saturated heterocycles. The highest BCUT2D eigenvalue weighted by Gasteiger charge is 2.27. The number of benzene rings is 2. The van der Waals surface area contributed by atoms with E-state index < -0.39 is 0 Å². The molecule has 1 amide bonds. The number of thioether (sulfide) groups is 1. The molecule has 4 rings (SSSR count). The highest BCUT2D eigenvalue weighted by Crippen LogP contribution is 2.24. The molecule has 6 nitrogen and oxygen atoms in total. The Balaban J connectivity index is 1.59. The Hall–Kier alpha value is -2.64. The highest BCUT2D eigenvalue weighted by molar-refractivity contribution is 7.99. The van der Waals surface area contributed by atoms with Crippen molar-refractivity contribution in [1.29, 1.82) is 0 Å². The van der Waals surface area contributed by atoms with Crippen LogP contribution in [0.15, 0.2) is 64.5 Å². The third-order valence-electron chi connectivity index (χ3n) is 5.86. The van der Waals surface area contributed by atoms with Crippen molar-refractivity contribution in [2.75, 3.05) is 12.4 Å². The lowest BCUT2D eigenvalue weighted by Gasteiger charge is -2.36. The number of ether oxygens (including phenoxy) is 1. The van der Waals surface area contributed by atoms with Crippen LogP contribution in [0.5, 0.6) is 0 Å². The molecule has 0 aliphatic carbocycles. The molecule has 174 valence electrons. The summed E-state index contributed by atoms with van der Waals surface area (Å²) in [4.78, 5) is 33.3. The van der Waals surface area contributed by atoms with E-state index in [1.165, 1.54) is 11.8 Å². The van der Waals surface area contributed by atoms with Gasteiger partial charge in [-0.2, -0.15) is 0 Å². The topological polar surface area (TPSA) is 64.4 Å². The molecule has 0 bridgehead atoms. The monoisotopic (exact) mass is 465 g/mol. The van der Waals surface area contributed by atoms with E-state index in [9.17, 15) is 9.59 Å². The van der Waals surface area contributed by atoms with E-state index in [2.05, 4.69) is 0 Å². The van der Waals surface area contributed by atoms with Crippen LogP contribution in [0.3, 0.4) is 0 Å². The molecule has 0 saturated carbocycles. The zero-order valence-corrected chi connectivity index (χ0v) is 20.3. The number of para-hydroxylation sites is 1. The predicted octanol–water partition coefficient (Wildman–Crippen LogP) is 4.49. The van der Waals surface area contributed by atoms with Crippen molar-refractivity contribution in [3.05, 3.63) is 70.5 Å². The van der Waals surface area contributed by atoms with Gasteiger partial charge in [-0.3, -0.25) is 14.2 Å². The molecule has 0 spiro atoms. The van der Waals surface area contributed by atoms with Crippen LogP contribution in [0.2, 0.25) is 0 Å². The maximum absolute atomic E-state index is 13.3. The highest BCUT2D eigenvalue weighted by atomic mass is 32.2. The molecule has 1 aromatic heterocycles. The number of hydrogen-bond donors (Lipinski definition) is 0. The van der Waals surface area contributed by atoms with Crippen molar-refractivity contribution >= 4 is 28.6 Å². The Labute approximate surface area is 199 Å². The number of fused-ring (bicyclic) bond motifs is 1. The SMILES string of the molecule is CC(C)(C)N(Cc1ccccc1)C(=O)CSc1nc2ccccc2c(=O)n1C[C@@H]1CCCO1. The summed E-state index contributed by atoms with van der Waals surface area (Å²) in [6, 6.07) is 17.4. The average molecular weight is 466 g/mol. The van der Waals surface area contributed by atoms with Crippen molar-refractivity contribution in [2.24, 2.45) is 0 Å². The van der Waals surface area contributed by atoms with Crippen molar-refractivity contribution in [2.45, 2.75) is 63.5 Å². The van der Waals surface area contributed by atoms with Crippen LogP contribution in [0.4, 0.5) is 0 Å². The predicted molar refractivity (Wildman–Crippen MR) is 132 cm³/mol. The van der Waals surface area contributed by atoms with E-state index in [-0.39, 0.29) is 28.9 Å². The molecule has 3 aromatic rings. The van der Waals surface area contributed by atoms with Crippen molar-refractivity contribution < 1.29 is 9.53 Å². The van der Waals surface area contributed by atoms with Crippen LogP contribution in [0.1, 0.15) is 39.2 Å². The van der Waals surface area contributed by atoms with E-state index in [0.717, 1.165) is 25.0 Å². The lowest BCUT2D eigenvalue weighted by Crippen LogP contribution is -2.46. The molecule has 0 radical (unpaired) electrons. The zero-order valence-electron chi connectivity index (χ0n) is 19.5. The van der Waals surface area contributed by atoms with Crippen molar-refractivity contribution in [3.8, 4) is 0 Å². The normalized spacial score (nSPS) is 16.3. The maximum Gasteiger partial charge on any atom is 0.262 e. The molecular weight excluding hydrogens is 434 g/mol. The number of amides is 1. The van der Waals surface area contributed by atoms with Gasteiger partial charge < -0.3 is 9.64 Å². The second-order valence-electron chi connectivity index (χ2n) is 9.39. The first-order valence-corrected chi connectivity index (χ1v) is 12.4. The van der Waals surface area contributed by atoms with Gasteiger partial charge in [0.15, 0.2) is 5.16 Å². The average Bonchev–Trinajstić information content (AvgIpc) is 3.31. The fraction of sp³-hybridized carbons (Fsp3) is 0.423. The lowest BCUT2D eigenvalue weighted by molar-refractivity contribution is -0.133. The van der Waals surface area contributed by atoms with Gasteiger partial charge in [0.25, 0.3) is 5.56 Å². The number of nitrogens with zero attached hydrogens (tertiary/aromatic N) is 3. The molecule has 2 heterocycles. The Morgan fingerprint density at radius 2 is 1.88 bits per heavy atom. The minimum Gasteiger partial charge on any atom is -0.376 e. The third-order valence-corrected chi connectivity index (χ3v) is 6.82. The summed E-state index contributed by atoms with van der Waals surface area (Å²) >= 11 is 1.33. The van der Waals surface area contributed by atoms with Crippen molar-refractivity contribution in [3.63, 3.8) is 0 Å². The summed E-state index contributed by atoms with van der Waals surface area (Å²) < 4.78 is 7.47. The van der Waals surface area contributed by atoms with E-state index in [1.807, 2.05) is 74.2 Å². The third kappa shape index (κ3) is 5.65. The molecule has 0 unspecified atom stereocenters. The first-order valence-electron chi connectivity index (χ1n) is 11.4. The zero-order chi connectivity index (χ0) is 23.4. The van der Waals surface area contributed by atoms with E-state index in [0.29, 0.717) is 29.1 Å². The molecule has 1 aliphatic heterocycles. The van der Waals surface area contributed by atoms with Crippen LogP contribution < -0.4 is 5.56 Å². The first kappa shape index (κ1) is 23.5. The molecule has 33 heavy (non-hydrogen) atoms. The second-order valence-corrected chi connectivity index (χ2v) is 10.3. The Morgan fingerprint density at radius 3 is 2.58 bits per heavy atom. The maximum atomic E-state index is 13.3. The second kappa shape index (κ2) is 10.1. The van der Waals surface area contributed by atoms with Gasteiger partial charge in [-0.05, 0) is 51.3 Å². The summed E-state index contributed by atoms with van der Waals surface area (Å²) in [7, 11) is 0. The minimum absolute atomic E-state index is 0.00451. The summed E-state index contributed by atoms with van der Waals surface area (Å²) in [5.74, 6) is 0.225. The summed E-state index contributed by atoms with van der Waals surface area (Å²) in [6.45, 7) is 7.85. The smallest absolute Gasteiger partial charge is 0.262 e. The largest absolute Gasteiger partial charge is 0.376 e. The lowest BCUT2D eigenvalue weighted by atomic mass is 10.0. The molecule has 7 heteroatoms. The minimum atomic E-state index is -0.332. The molecule has 0 N–H and O–H groups in total. The molecular formula is C26H31N3O3S. The van der Waals surface area contributed by atoms with Gasteiger partial charge in [0.1, 0.15) is 0 Å². The Morgan fingerprint density at radius 1 is 1.15 bits per heavy atom. The number of aromatic nitrogens is 2. The standard InChI is InChI=1S/C26H31N3O3S/c1-26(2,3)29(16-19-10-5-4-6-11-19)23(30)18-33-25-27-22-14-8-7-13-21(22)24(31)28(25)17-20-12-9-15-32-20/h4-8,10-11,13-14,20H,9,12,15-18H2,1-3H3/t20-/m0/s1. The van der Waals surface area contributed by atoms with Gasteiger partial charge >= 0.3 is 0 Å². The number of rotatable bonds is 7. The van der Waals surface area contributed by atoms with E-state index >= 15 is 0 Å². The quantitative estimate of drug-likeness (QED) is 0.380. The van der Waals surface area contributed by atoms with Gasteiger partial charge in [-0.25, -0.2) is 4.98 Å². The summed E-state index contributed by atoms with van der Waals surface area (Å²) in [5.41, 5.74) is 1.33. The van der Waals surface area contributed by atoms with Gasteiger partial charge in [0, 0.05) is 18.7 Å². The molecule has 1 atom stereocenters. The van der Waals surface area contributed by atoms with Crippen LogP contribution in [0, 0.1) is 0 Å². The number of carbonyl (C=O) groups is 1. The number of hydrogen-bond acceptors (Lipinski definition) is 5. The van der Waals surface area contributed by atoms with Gasteiger partial charge in [-0.1, -0.05) is 54.2 Å². The van der Waals surface area contributed by atoms with Crippen LogP contribution in [-0.4, -0.2) is 44.4 Å². The van der Waals surface area contributed by atoms with E-state index in [4.69, 9.17) is 9.72 Å². The van der Waals surface area contributed by atoms with E-state index in [1.54, 1.807) is 10.6 Å². The fourth-order valence-corrected chi connectivity index (χ4v) is 4.97. The van der Waals surface area contributed by atoms with Gasteiger partial charge in [-0.15, -0.1) is 0 Å². The Bertz CT molecular complexity index is 1160. The van der Waals surface area contributed by atoms with Gasteiger partial charge in [0.05, 0.1) is 29.3 Å². The fourth-order valence-electron chi connectivity index (χ4n) is 4.08. The van der Waals surface area contributed by atoms with Crippen molar-refractivity contribution in [1.82, 2.24) is 14.5 Å². The molecule has 1 fully saturated rings. The number of carbonyl (C=O) groups excluding carboxylic acids is 1.